The topological polar surface area (TPSA) is 45.8 Å². The van der Waals surface area contributed by atoms with Gasteiger partial charge in [-0.2, -0.15) is 5.26 Å². The minimum Gasteiger partial charge on any atom is -0.303 e. The van der Waals surface area contributed by atoms with Crippen LogP contribution in [0.25, 0.3) is 11.3 Å². The number of nitriles is 1. The lowest BCUT2D eigenvalue weighted by Crippen LogP contribution is -2.23. The quantitative estimate of drug-likeness (QED) is 0.786. The van der Waals surface area contributed by atoms with Crippen molar-refractivity contribution in [1.29, 1.82) is 5.26 Å². The van der Waals surface area contributed by atoms with E-state index in [-0.39, 0.29) is 11.1 Å². The fourth-order valence-corrected chi connectivity index (χ4v) is 1.95. The van der Waals surface area contributed by atoms with Gasteiger partial charge in [-0.15, -0.1) is 6.58 Å². The molecule has 0 aliphatic heterocycles. The molecule has 0 N–H and O–H groups in total. The largest absolute Gasteiger partial charge is 0.303 e. The first-order valence-electron chi connectivity index (χ1n) is 5.99. The Bertz CT molecular complexity index is 703. The van der Waals surface area contributed by atoms with Crippen molar-refractivity contribution in [2.24, 2.45) is 0 Å². The van der Waals surface area contributed by atoms with Crippen LogP contribution in [-0.4, -0.2) is 4.57 Å². The van der Waals surface area contributed by atoms with Gasteiger partial charge in [-0.3, -0.25) is 4.79 Å². The molecular weight excluding hydrogens is 236 g/mol. The molecule has 2 rings (SSSR count). The van der Waals surface area contributed by atoms with Gasteiger partial charge in [-0.25, -0.2) is 0 Å². The molecule has 1 aromatic heterocycles. The van der Waals surface area contributed by atoms with Crippen LogP contribution in [0, 0.1) is 18.3 Å². The highest BCUT2D eigenvalue weighted by molar-refractivity contribution is 5.60. The van der Waals surface area contributed by atoms with Crippen molar-refractivity contribution in [2.75, 3.05) is 0 Å². The number of rotatable bonds is 3. The van der Waals surface area contributed by atoms with E-state index in [2.05, 4.69) is 6.58 Å². The molecule has 2 aromatic rings. The Kier molecular flexibility index (Phi) is 3.63. The zero-order valence-corrected chi connectivity index (χ0v) is 10.8. The number of pyridine rings is 1. The third-order valence-electron chi connectivity index (χ3n) is 2.95. The average molecular weight is 250 g/mol. The molecule has 0 aliphatic rings. The van der Waals surface area contributed by atoms with Gasteiger partial charge in [0.1, 0.15) is 11.6 Å². The molecular formula is C16H14N2O. The number of hydrogen-bond acceptors (Lipinski definition) is 2. The molecule has 19 heavy (non-hydrogen) atoms. The minimum absolute atomic E-state index is 0.151. The minimum atomic E-state index is -0.277. The number of nitrogens with zero attached hydrogens (tertiary/aromatic N) is 2. The molecule has 3 nitrogen and oxygen atoms in total. The molecule has 1 aromatic carbocycles. The molecule has 0 spiro atoms. The van der Waals surface area contributed by atoms with Gasteiger partial charge in [0.2, 0.25) is 0 Å². The first kappa shape index (κ1) is 12.8. The third kappa shape index (κ3) is 2.48. The Hall–Kier alpha value is -2.60. The Balaban J connectivity index is 2.67. The van der Waals surface area contributed by atoms with Gasteiger partial charge >= 0.3 is 0 Å². The first-order chi connectivity index (χ1) is 9.17. The van der Waals surface area contributed by atoms with E-state index in [1.54, 1.807) is 22.8 Å². The Morgan fingerprint density at radius 3 is 2.53 bits per heavy atom. The third-order valence-corrected chi connectivity index (χ3v) is 2.95. The summed E-state index contributed by atoms with van der Waals surface area (Å²) in [6.45, 7) is 6.06. The lowest BCUT2D eigenvalue weighted by Gasteiger charge is -2.11. The van der Waals surface area contributed by atoms with E-state index in [0.717, 1.165) is 16.8 Å². The summed E-state index contributed by atoms with van der Waals surface area (Å²) in [5.74, 6) is 0. The van der Waals surface area contributed by atoms with E-state index in [1.807, 2.05) is 37.3 Å². The van der Waals surface area contributed by atoms with E-state index in [1.165, 1.54) is 0 Å². The maximum atomic E-state index is 12.1. The highest BCUT2D eigenvalue weighted by Gasteiger charge is 2.09. The number of benzene rings is 1. The zero-order chi connectivity index (χ0) is 13.8. The monoisotopic (exact) mass is 250 g/mol. The van der Waals surface area contributed by atoms with Crippen LogP contribution in [0.4, 0.5) is 0 Å². The summed E-state index contributed by atoms with van der Waals surface area (Å²) in [4.78, 5) is 12.1. The molecule has 94 valence electrons. The van der Waals surface area contributed by atoms with Crippen molar-refractivity contribution in [3.63, 3.8) is 0 Å². The standard InChI is InChI=1S/C16H14N2O/c1-3-10-18-15(9-8-14(11-17)16(18)19)13-6-4-12(2)5-7-13/h3-9H,1,10H2,2H3. The molecule has 0 atom stereocenters. The number of hydrogen-bond donors (Lipinski definition) is 0. The van der Waals surface area contributed by atoms with Crippen LogP contribution >= 0.6 is 0 Å². The van der Waals surface area contributed by atoms with E-state index >= 15 is 0 Å². The molecule has 0 aliphatic carbocycles. The van der Waals surface area contributed by atoms with Crippen LogP contribution in [-0.2, 0) is 6.54 Å². The SMILES string of the molecule is C=CCn1c(-c2ccc(C)cc2)ccc(C#N)c1=O. The van der Waals surface area contributed by atoms with Gasteiger partial charge in [0.15, 0.2) is 0 Å². The highest BCUT2D eigenvalue weighted by Crippen LogP contribution is 2.19. The van der Waals surface area contributed by atoms with Crippen molar-refractivity contribution in [1.82, 2.24) is 4.57 Å². The molecule has 0 radical (unpaired) electrons. The van der Waals surface area contributed by atoms with Gasteiger partial charge in [-0.1, -0.05) is 35.9 Å². The van der Waals surface area contributed by atoms with Crippen LogP contribution in [0.15, 0.2) is 53.8 Å². The molecule has 0 saturated heterocycles. The fourth-order valence-electron chi connectivity index (χ4n) is 1.95. The number of allylic oxidation sites excluding steroid dienone is 1. The number of aromatic nitrogens is 1. The van der Waals surface area contributed by atoms with Crippen LogP contribution in [0.1, 0.15) is 11.1 Å². The molecule has 3 heteroatoms. The van der Waals surface area contributed by atoms with Gasteiger partial charge in [0, 0.05) is 6.54 Å². The highest BCUT2D eigenvalue weighted by atomic mass is 16.1. The Morgan fingerprint density at radius 2 is 1.95 bits per heavy atom. The lowest BCUT2D eigenvalue weighted by atomic mass is 10.1. The smallest absolute Gasteiger partial charge is 0.269 e. The average Bonchev–Trinajstić information content (AvgIpc) is 2.42. The predicted molar refractivity (Wildman–Crippen MR) is 75.8 cm³/mol. The van der Waals surface area contributed by atoms with Crippen molar-refractivity contribution in [3.05, 3.63) is 70.5 Å². The normalized spacial score (nSPS) is 9.89. The summed E-state index contributed by atoms with van der Waals surface area (Å²) >= 11 is 0. The summed E-state index contributed by atoms with van der Waals surface area (Å²) in [5, 5.41) is 8.92. The molecule has 0 amide bonds. The second-order valence-corrected chi connectivity index (χ2v) is 4.31. The maximum absolute atomic E-state index is 12.1. The first-order valence-corrected chi connectivity index (χ1v) is 5.99. The zero-order valence-electron chi connectivity index (χ0n) is 10.8. The van der Waals surface area contributed by atoms with E-state index in [4.69, 9.17) is 5.26 Å². The molecule has 0 saturated carbocycles. The van der Waals surface area contributed by atoms with Crippen molar-refractivity contribution >= 4 is 0 Å². The lowest BCUT2D eigenvalue weighted by molar-refractivity contribution is 0.786. The molecule has 0 unspecified atom stereocenters. The summed E-state index contributed by atoms with van der Waals surface area (Å²) in [6.07, 6.45) is 1.65. The second-order valence-electron chi connectivity index (χ2n) is 4.31. The van der Waals surface area contributed by atoms with E-state index in [0.29, 0.717) is 6.54 Å². The molecule has 0 bridgehead atoms. The van der Waals surface area contributed by atoms with Gasteiger partial charge in [-0.05, 0) is 24.6 Å². The summed E-state index contributed by atoms with van der Waals surface area (Å²) in [6, 6.07) is 13.2. The van der Waals surface area contributed by atoms with Crippen LogP contribution < -0.4 is 5.56 Å². The van der Waals surface area contributed by atoms with Crippen molar-refractivity contribution < 1.29 is 0 Å². The van der Waals surface area contributed by atoms with Gasteiger partial charge in [0.05, 0.1) is 5.69 Å². The predicted octanol–water partition coefficient (Wildman–Crippen LogP) is 2.88. The van der Waals surface area contributed by atoms with Crippen LogP contribution in [0.3, 0.4) is 0 Å². The number of aryl methyl sites for hydroxylation is 1. The van der Waals surface area contributed by atoms with Crippen molar-refractivity contribution in [2.45, 2.75) is 13.5 Å². The van der Waals surface area contributed by atoms with E-state index < -0.39 is 0 Å². The Morgan fingerprint density at radius 1 is 1.26 bits per heavy atom. The van der Waals surface area contributed by atoms with Gasteiger partial charge < -0.3 is 4.57 Å². The molecule has 0 fully saturated rings. The van der Waals surface area contributed by atoms with Gasteiger partial charge in [0.25, 0.3) is 5.56 Å². The van der Waals surface area contributed by atoms with E-state index in [9.17, 15) is 4.79 Å². The fraction of sp³-hybridized carbons (Fsp3) is 0.125. The van der Waals surface area contributed by atoms with Crippen LogP contribution in [0.2, 0.25) is 0 Å². The maximum Gasteiger partial charge on any atom is 0.269 e. The molecule has 1 heterocycles. The summed E-state index contributed by atoms with van der Waals surface area (Å²) < 4.78 is 1.57. The summed E-state index contributed by atoms with van der Waals surface area (Å²) in [5.41, 5.74) is 2.78. The summed E-state index contributed by atoms with van der Waals surface area (Å²) in [7, 11) is 0. The van der Waals surface area contributed by atoms with Crippen LogP contribution in [0.5, 0.6) is 0 Å². The van der Waals surface area contributed by atoms with Crippen molar-refractivity contribution in [3.8, 4) is 17.3 Å². The second kappa shape index (κ2) is 5.36. The Labute approximate surface area is 112 Å².